The van der Waals surface area contributed by atoms with Crippen LogP contribution in [0.5, 0.6) is 0 Å². The van der Waals surface area contributed by atoms with Crippen molar-refractivity contribution < 1.29 is 13.9 Å². The predicted octanol–water partition coefficient (Wildman–Crippen LogP) is 4.25. The van der Waals surface area contributed by atoms with Gasteiger partial charge in [-0.2, -0.15) is 4.39 Å². The van der Waals surface area contributed by atoms with Crippen LogP contribution < -0.4 is 0 Å². The number of hydrogen-bond donors (Lipinski definition) is 0. The quantitative estimate of drug-likeness (QED) is 0.721. The Labute approximate surface area is 166 Å². The van der Waals surface area contributed by atoms with Gasteiger partial charge in [-0.15, -0.1) is 11.3 Å². The van der Waals surface area contributed by atoms with Crippen LogP contribution in [0.3, 0.4) is 0 Å². The molecule has 0 atom stereocenters. The lowest BCUT2D eigenvalue weighted by Gasteiger charge is -2.48. The van der Waals surface area contributed by atoms with E-state index in [1.807, 2.05) is 11.0 Å². The third-order valence-electron chi connectivity index (χ3n) is 6.97. The molecule has 1 amide bonds. The molecule has 3 rings (SSSR count). The smallest absolute Gasteiger partial charge is 0.223 e. The fourth-order valence-electron chi connectivity index (χ4n) is 4.70. The average Bonchev–Trinajstić information content (AvgIpc) is 3.18. The minimum absolute atomic E-state index is 0.0869. The van der Waals surface area contributed by atoms with E-state index in [1.165, 1.54) is 11.3 Å². The molecule has 6 heteroatoms. The summed E-state index contributed by atoms with van der Waals surface area (Å²) in [6.45, 7) is 5.75. The Bertz CT molecular complexity index is 677. The number of likely N-dealkylation sites (tertiary alicyclic amines) is 1. The van der Waals surface area contributed by atoms with Gasteiger partial charge in [-0.25, -0.2) is 0 Å². The highest BCUT2D eigenvalue weighted by atomic mass is 32.1. The van der Waals surface area contributed by atoms with Crippen molar-refractivity contribution >= 4 is 17.2 Å². The van der Waals surface area contributed by atoms with Gasteiger partial charge in [0.1, 0.15) is 0 Å². The molecule has 1 saturated carbocycles. The van der Waals surface area contributed by atoms with Crippen LogP contribution in [-0.2, 0) is 15.1 Å². The van der Waals surface area contributed by atoms with Gasteiger partial charge in [0, 0.05) is 31.5 Å². The molecule has 0 bridgehead atoms. The summed E-state index contributed by atoms with van der Waals surface area (Å²) in [4.78, 5) is 18.0. The lowest BCUT2D eigenvalue weighted by molar-refractivity contribution is -0.128. The van der Waals surface area contributed by atoms with Crippen LogP contribution in [-0.4, -0.2) is 55.6 Å². The zero-order chi connectivity index (χ0) is 19.9. The first kappa shape index (κ1) is 20.7. The Morgan fingerprint density at radius 1 is 1.26 bits per heavy atom. The summed E-state index contributed by atoms with van der Waals surface area (Å²) < 4.78 is 19.2. The molecule has 1 aliphatic heterocycles. The second-order valence-corrected chi connectivity index (χ2v) is 10.3. The normalized spacial score (nSPS) is 29.3. The Hall–Kier alpha value is -0.980. The Balaban J connectivity index is 1.68. The maximum Gasteiger partial charge on any atom is 0.223 e. The van der Waals surface area contributed by atoms with Crippen molar-refractivity contribution in [1.29, 1.82) is 0 Å². The van der Waals surface area contributed by atoms with Gasteiger partial charge in [0.05, 0.1) is 11.1 Å². The number of methoxy groups -OCH3 is 1. The molecular weight excluding hydrogens is 363 g/mol. The van der Waals surface area contributed by atoms with Gasteiger partial charge in [0.2, 0.25) is 5.91 Å². The molecule has 2 fully saturated rings. The van der Waals surface area contributed by atoms with E-state index in [-0.39, 0.29) is 27.6 Å². The maximum atomic E-state index is 13.7. The van der Waals surface area contributed by atoms with E-state index in [0.717, 1.165) is 50.1 Å². The first-order valence-electron chi connectivity index (χ1n) is 9.88. The van der Waals surface area contributed by atoms with Crippen molar-refractivity contribution in [3.05, 3.63) is 22.1 Å². The second kappa shape index (κ2) is 7.45. The van der Waals surface area contributed by atoms with E-state index in [4.69, 9.17) is 4.74 Å². The number of nitrogens with zero attached hydrogens (tertiary/aromatic N) is 2. The number of ether oxygens (including phenoxy) is 1. The molecule has 4 nitrogen and oxygen atoms in total. The van der Waals surface area contributed by atoms with E-state index in [1.54, 1.807) is 13.2 Å². The van der Waals surface area contributed by atoms with Crippen LogP contribution >= 0.6 is 11.3 Å². The molecule has 1 saturated heterocycles. The first-order chi connectivity index (χ1) is 12.6. The number of hydrogen-bond acceptors (Lipinski definition) is 4. The lowest BCUT2D eigenvalue weighted by Crippen LogP contribution is -2.47. The van der Waals surface area contributed by atoms with Crippen LogP contribution in [0.1, 0.15) is 57.2 Å². The highest BCUT2D eigenvalue weighted by molar-refractivity contribution is 7.10. The molecular formula is C21H33FN2O2S. The van der Waals surface area contributed by atoms with Crippen molar-refractivity contribution in [2.24, 2.45) is 5.41 Å². The first-order valence-corrected chi connectivity index (χ1v) is 10.7. The highest BCUT2D eigenvalue weighted by Crippen LogP contribution is 2.53. The molecule has 0 N–H and O–H groups in total. The largest absolute Gasteiger partial charge is 0.379 e. The highest BCUT2D eigenvalue weighted by Gasteiger charge is 2.50. The van der Waals surface area contributed by atoms with Crippen molar-refractivity contribution in [3.63, 3.8) is 0 Å². The minimum atomic E-state index is -0.202. The summed E-state index contributed by atoms with van der Waals surface area (Å²) in [5.74, 6) is 0.279. The topological polar surface area (TPSA) is 32.8 Å². The zero-order valence-electron chi connectivity index (χ0n) is 17.3. The Morgan fingerprint density at radius 2 is 1.93 bits per heavy atom. The number of carbonyl (C=O) groups excluding carboxylic acids is 1. The van der Waals surface area contributed by atoms with Gasteiger partial charge in [0.15, 0.2) is 5.13 Å². The van der Waals surface area contributed by atoms with Gasteiger partial charge in [0.25, 0.3) is 0 Å². The minimum Gasteiger partial charge on any atom is -0.379 e. The number of amides is 1. The summed E-state index contributed by atoms with van der Waals surface area (Å²) in [6, 6.07) is 3.52. The van der Waals surface area contributed by atoms with Gasteiger partial charge in [-0.05, 0) is 77.6 Å². The Kier molecular flexibility index (Phi) is 5.72. The van der Waals surface area contributed by atoms with Crippen LogP contribution in [0.25, 0.3) is 0 Å². The van der Waals surface area contributed by atoms with Crippen LogP contribution in [0.2, 0.25) is 0 Å². The second-order valence-electron chi connectivity index (χ2n) is 9.24. The van der Waals surface area contributed by atoms with E-state index < -0.39 is 0 Å². The molecule has 1 spiro atoms. The van der Waals surface area contributed by atoms with E-state index >= 15 is 0 Å². The molecule has 2 heterocycles. The van der Waals surface area contributed by atoms with Gasteiger partial charge >= 0.3 is 0 Å². The fraction of sp³-hybridized carbons (Fsp3) is 0.762. The summed E-state index contributed by atoms with van der Waals surface area (Å²) in [5.41, 5.74) is -0.218. The average molecular weight is 397 g/mol. The lowest BCUT2D eigenvalue weighted by atomic mass is 9.66. The van der Waals surface area contributed by atoms with Crippen molar-refractivity contribution in [2.75, 3.05) is 34.3 Å². The van der Waals surface area contributed by atoms with Crippen LogP contribution in [0.15, 0.2) is 12.1 Å². The van der Waals surface area contributed by atoms with Crippen LogP contribution in [0, 0.1) is 10.5 Å². The molecule has 1 aliphatic carbocycles. The summed E-state index contributed by atoms with van der Waals surface area (Å²) in [5, 5.41) is -0.116. The van der Waals surface area contributed by atoms with Gasteiger partial charge in [-0.1, -0.05) is 0 Å². The molecule has 27 heavy (non-hydrogen) atoms. The molecule has 0 radical (unpaired) electrons. The number of carbonyl (C=O) groups is 1. The van der Waals surface area contributed by atoms with Crippen LogP contribution in [0.4, 0.5) is 4.39 Å². The molecule has 152 valence electrons. The molecule has 1 aromatic rings. The molecule has 0 aromatic carbocycles. The Morgan fingerprint density at radius 3 is 2.44 bits per heavy atom. The monoisotopic (exact) mass is 396 g/mol. The summed E-state index contributed by atoms with van der Waals surface area (Å²) in [7, 11) is 5.91. The fourth-order valence-corrected chi connectivity index (χ4v) is 5.76. The number of halogens is 1. The maximum absolute atomic E-state index is 13.7. The van der Waals surface area contributed by atoms with E-state index in [9.17, 15) is 9.18 Å². The van der Waals surface area contributed by atoms with Gasteiger partial charge < -0.3 is 9.64 Å². The summed E-state index contributed by atoms with van der Waals surface area (Å²) >= 11 is 1.27. The third kappa shape index (κ3) is 4.08. The number of rotatable bonds is 6. The van der Waals surface area contributed by atoms with Gasteiger partial charge in [-0.3, -0.25) is 9.69 Å². The standard InChI is InChI=1S/C21H33FN2O2S/c1-19(2,26-5)12-13-24-15-20(14-18(24)25)8-10-21(11-9-20,23(3)4)16-6-7-17(22)27-16/h6-7H,8-15H2,1-5H3. The zero-order valence-corrected chi connectivity index (χ0v) is 18.1. The third-order valence-corrected chi connectivity index (χ3v) is 8.03. The van der Waals surface area contributed by atoms with Crippen molar-refractivity contribution in [2.45, 2.75) is 63.5 Å². The molecule has 2 aliphatic rings. The SMILES string of the molecule is COC(C)(C)CCN1CC2(CCC(c3ccc(F)s3)(N(C)C)CC2)CC1=O. The van der Waals surface area contributed by atoms with Crippen molar-refractivity contribution in [3.8, 4) is 0 Å². The predicted molar refractivity (Wildman–Crippen MR) is 107 cm³/mol. The molecule has 1 aromatic heterocycles. The van der Waals surface area contributed by atoms with Crippen molar-refractivity contribution in [1.82, 2.24) is 9.80 Å². The van der Waals surface area contributed by atoms with E-state index in [2.05, 4.69) is 32.8 Å². The molecule has 0 unspecified atom stereocenters. The number of thiophene rings is 1. The summed E-state index contributed by atoms with van der Waals surface area (Å²) in [6.07, 6.45) is 5.49. The van der Waals surface area contributed by atoms with E-state index in [0.29, 0.717) is 6.42 Å².